The molecule has 100 valence electrons. The maximum absolute atomic E-state index is 5.87. The monoisotopic (exact) mass is 238 g/mol. The molecule has 0 spiro atoms. The van der Waals surface area contributed by atoms with E-state index in [0.29, 0.717) is 11.5 Å². The first-order valence-electron chi connectivity index (χ1n) is 7.57. The third-order valence-electron chi connectivity index (χ3n) is 5.07. The summed E-state index contributed by atoms with van der Waals surface area (Å²) in [5.74, 6) is 1.73. The van der Waals surface area contributed by atoms with E-state index < -0.39 is 0 Å². The van der Waals surface area contributed by atoms with Crippen molar-refractivity contribution in [3.05, 3.63) is 0 Å². The molecule has 3 N–H and O–H groups in total. The quantitative estimate of drug-likeness (QED) is 0.746. The van der Waals surface area contributed by atoms with Gasteiger partial charge in [0, 0.05) is 6.04 Å². The number of hydrogen-bond donors (Lipinski definition) is 2. The summed E-state index contributed by atoms with van der Waals surface area (Å²) < 4.78 is 0. The molecule has 0 aliphatic heterocycles. The Morgan fingerprint density at radius 2 is 1.82 bits per heavy atom. The Bertz CT molecular complexity index is 233. The average Bonchev–Trinajstić information content (AvgIpc) is 3.13. The van der Waals surface area contributed by atoms with Crippen molar-refractivity contribution in [3.8, 4) is 0 Å². The molecule has 2 saturated carbocycles. The number of nitrogens with one attached hydrogen (secondary N) is 1. The Morgan fingerprint density at radius 3 is 2.47 bits per heavy atom. The van der Waals surface area contributed by atoms with Crippen molar-refractivity contribution in [3.63, 3.8) is 0 Å². The number of nitrogens with two attached hydrogens (primary N) is 1. The van der Waals surface area contributed by atoms with Gasteiger partial charge in [-0.15, -0.1) is 0 Å². The standard InChI is InChI=1S/C15H30N2/c1-15(2,13-7-8-13)9-10-17-14-6-4-3-5-12(14)11-16/h12-14,17H,3-11,16H2,1-2H3. The Balaban J connectivity index is 1.69. The van der Waals surface area contributed by atoms with Crippen LogP contribution in [0.15, 0.2) is 0 Å². The number of rotatable bonds is 6. The van der Waals surface area contributed by atoms with E-state index in [1.165, 1.54) is 51.5 Å². The summed E-state index contributed by atoms with van der Waals surface area (Å²) in [6.45, 7) is 6.93. The first-order valence-corrected chi connectivity index (χ1v) is 7.57. The van der Waals surface area contributed by atoms with Crippen LogP contribution in [0.25, 0.3) is 0 Å². The molecule has 0 aromatic heterocycles. The van der Waals surface area contributed by atoms with E-state index in [2.05, 4.69) is 19.2 Å². The lowest BCUT2D eigenvalue weighted by atomic mass is 9.82. The van der Waals surface area contributed by atoms with Crippen LogP contribution in [0.4, 0.5) is 0 Å². The van der Waals surface area contributed by atoms with Crippen LogP contribution in [0, 0.1) is 17.3 Å². The Hall–Kier alpha value is -0.0800. The lowest BCUT2D eigenvalue weighted by Crippen LogP contribution is -2.43. The van der Waals surface area contributed by atoms with Gasteiger partial charge in [0.05, 0.1) is 0 Å². The summed E-state index contributed by atoms with van der Waals surface area (Å²) in [6.07, 6.45) is 9.69. The fourth-order valence-electron chi connectivity index (χ4n) is 3.41. The average molecular weight is 238 g/mol. The van der Waals surface area contributed by atoms with Crippen molar-refractivity contribution in [2.24, 2.45) is 23.0 Å². The summed E-state index contributed by atoms with van der Waals surface area (Å²) in [4.78, 5) is 0. The molecule has 0 bridgehead atoms. The summed E-state index contributed by atoms with van der Waals surface area (Å²) in [7, 11) is 0. The molecule has 0 saturated heterocycles. The Kier molecular flexibility index (Phi) is 4.48. The first kappa shape index (κ1) is 13.4. The zero-order valence-corrected chi connectivity index (χ0v) is 11.7. The van der Waals surface area contributed by atoms with Gasteiger partial charge in [-0.25, -0.2) is 0 Å². The van der Waals surface area contributed by atoms with Crippen molar-refractivity contribution in [2.45, 2.75) is 64.8 Å². The minimum atomic E-state index is 0.555. The van der Waals surface area contributed by atoms with Gasteiger partial charge in [-0.2, -0.15) is 0 Å². The van der Waals surface area contributed by atoms with Crippen molar-refractivity contribution < 1.29 is 0 Å². The lowest BCUT2D eigenvalue weighted by molar-refractivity contribution is 0.234. The van der Waals surface area contributed by atoms with Gasteiger partial charge in [-0.3, -0.25) is 0 Å². The van der Waals surface area contributed by atoms with Gasteiger partial charge < -0.3 is 11.1 Å². The third kappa shape index (κ3) is 3.69. The normalized spacial score (nSPS) is 30.5. The van der Waals surface area contributed by atoms with Crippen LogP contribution in [-0.2, 0) is 0 Å². The summed E-state index contributed by atoms with van der Waals surface area (Å²) in [5.41, 5.74) is 6.42. The van der Waals surface area contributed by atoms with E-state index in [9.17, 15) is 0 Å². The van der Waals surface area contributed by atoms with E-state index in [1.807, 2.05) is 0 Å². The van der Waals surface area contributed by atoms with Gasteiger partial charge in [0.1, 0.15) is 0 Å². The fourth-order valence-corrected chi connectivity index (χ4v) is 3.41. The van der Waals surface area contributed by atoms with Crippen LogP contribution in [-0.4, -0.2) is 19.1 Å². The minimum Gasteiger partial charge on any atom is -0.330 e. The molecule has 2 aliphatic rings. The molecule has 0 aromatic rings. The number of hydrogen-bond acceptors (Lipinski definition) is 2. The highest BCUT2D eigenvalue weighted by Crippen LogP contribution is 2.47. The van der Waals surface area contributed by atoms with Crippen LogP contribution in [0.3, 0.4) is 0 Å². The van der Waals surface area contributed by atoms with Gasteiger partial charge in [-0.1, -0.05) is 26.7 Å². The topological polar surface area (TPSA) is 38.0 Å². The zero-order chi connectivity index (χ0) is 12.3. The molecule has 0 heterocycles. The van der Waals surface area contributed by atoms with Crippen molar-refractivity contribution >= 4 is 0 Å². The molecule has 0 amide bonds. The molecular formula is C15H30N2. The molecule has 17 heavy (non-hydrogen) atoms. The maximum atomic E-state index is 5.87. The molecule has 2 nitrogen and oxygen atoms in total. The highest BCUT2D eigenvalue weighted by Gasteiger charge is 2.37. The summed E-state index contributed by atoms with van der Waals surface area (Å²) in [6, 6.07) is 0.698. The molecule has 2 atom stereocenters. The van der Waals surface area contributed by atoms with Gasteiger partial charge in [-0.05, 0) is 62.4 Å². The molecule has 0 radical (unpaired) electrons. The van der Waals surface area contributed by atoms with Gasteiger partial charge in [0.2, 0.25) is 0 Å². The Morgan fingerprint density at radius 1 is 1.12 bits per heavy atom. The summed E-state index contributed by atoms with van der Waals surface area (Å²) in [5, 5.41) is 3.78. The molecule has 2 unspecified atom stereocenters. The predicted octanol–water partition coefficient (Wildman–Crippen LogP) is 2.92. The van der Waals surface area contributed by atoms with Crippen molar-refractivity contribution in [2.75, 3.05) is 13.1 Å². The molecular weight excluding hydrogens is 208 g/mol. The largest absolute Gasteiger partial charge is 0.330 e. The van der Waals surface area contributed by atoms with E-state index in [1.54, 1.807) is 0 Å². The van der Waals surface area contributed by atoms with Crippen LogP contribution >= 0.6 is 0 Å². The molecule has 2 rings (SSSR count). The third-order valence-corrected chi connectivity index (χ3v) is 5.07. The van der Waals surface area contributed by atoms with Crippen LogP contribution in [0.5, 0.6) is 0 Å². The molecule has 2 fully saturated rings. The second-order valence-corrected chi connectivity index (χ2v) is 6.85. The zero-order valence-electron chi connectivity index (χ0n) is 11.7. The van der Waals surface area contributed by atoms with E-state index in [0.717, 1.165) is 18.4 Å². The van der Waals surface area contributed by atoms with Gasteiger partial charge in [0.15, 0.2) is 0 Å². The van der Waals surface area contributed by atoms with E-state index in [-0.39, 0.29) is 0 Å². The molecule has 2 heteroatoms. The minimum absolute atomic E-state index is 0.555. The summed E-state index contributed by atoms with van der Waals surface area (Å²) >= 11 is 0. The highest BCUT2D eigenvalue weighted by atomic mass is 14.9. The van der Waals surface area contributed by atoms with E-state index in [4.69, 9.17) is 5.73 Å². The lowest BCUT2D eigenvalue weighted by Gasteiger charge is -2.33. The second kappa shape index (κ2) is 5.71. The van der Waals surface area contributed by atoms with E-state index >= 15 is 0 Å². The fraction of sp³-hybridized carbons (Fsp3) is 1.00. The van der Waals surface area contributed by atoms with Crippen LogP contribution in [0.1, 0.15) is 58.8 Å². The smallest absolute Gasteiger partial charge is 0.0107 e. The van der Waals surface area contributed by atoms with Crippen LogP contribution < -0.4 is 11.1 Å². The second-order valence-electron chi connectivity index (χ2n) is 6.85. The van der Waals surface area contributed by atoms with Gasteiger partial charge >= 0.3 is 0 Å². The highest BCUT2D eigenvalue weighted by molar-refractivity contribution is 4.89. The maximum Gasteiger partial charge on any atom is 0.0107 e. The van der Waals surface area contributed by atoms with Gasteiger partial charge in [0.25, 0.3) is 0 Å². The molecule has 2 aliphatic carbocycles. The SMILES string of the molecule is CC(C)(CCNC1CCCCC1CN)C1CC1. The van der Waals surface area contributed by atoms with Crippen LogP contribution in [0.2, 0.25) is 0 Å². The van der Waals surface area contributed by atoms with Crippen molar-refractivity contribution in [1.29, 1.82) is 0 Å². The first-order chi connectivity index (χ1) is 8.13. The Labute approximate surface area is 107 Å². The molecule has 0 aromatic carbocycles. The van der Waals surface area contributed by atoms with Crippen molar-refractivity contribution in [1.82, 2.24) is 5.32 Å². The predicted molar refractivity (Wildman–Crippen MR) is 73.9 cm³/mol.